The van der Waals surface area contributed by atoms with Crippen molar-refractivity contribution in [2.45, 2.75) is 31.0 Å². The van der Waals surface area contributed by atoms with Crippen LogP contribution in [0.1, 0.15) is 28.6 Å². The number of carbonyl (C=O) groups is 1. The third kappa shape index (κ3) is 9.99. The van der Waals surface area contributed by atoms with Gasteiger partial charge in [0, 0.05) is 25.7 Å². The zero-order valence-electron chi connectivity index (χ0n) is 24.6. The Kier molecular flexibility index (Phi) is 11.3. The first-order valence-electron chi connectivity index (χ1n) is 14.2. The maximum Gasteiger partial charge on any atom is 0.488 e. The van der Waals surface area contributed by atoms with Crippen molar-refractivity contribution in [2.24, 2.45) is 0 Å². The minimum absolute atomic E-state index is 0.101. The number of ether oxygens (including phenoxy) is 3. The Morgan fingerprint density at radius 3 is 2.23 bits per heavy atom. The van der Waals surface area contributed by atoms with E-state index in [0.29, 0.717) is 32.1 Å². The second kappa shape index (κ2) is 15.0. The van der Waals surface area contributed by atoms with Gasteiger partial charge in [-0.3, -0.25) is 13.7 Å². The number of aromatic nitrogens is 2. The SMILES string of the molecule is O=C(O[C@@H]1C[C@H](n2ccc(N3CCOCC3)nc2=O)O[C@@H]1COP(=O)(O)OP(=O)(O)OP(=O)(O)Cc1ccccc1)c1ccccc1. The highest BCUT2D eigenvalue weighted by atomic mass is 31.3. The predicted octanol–water partition coefficient (Wildman–Crippen LogP) is 3.23. The molecule has 3 heterocycles. The van der Waals surface area contributed by atoms with Crippen LogP contribution >= 0.6 is 23.2 Å². The van der Waals surface area contributed by atoms with E-state index in [2.05, 4.69) is 13.6 Å². The Morgan fingerprint density at radius 1 is 0.915 bits per heavy atom. The fourth-order valence-electron chi connectivity index (χ4n) is 4.86. The lowest BCUT2D eigenvalue weighted by molar-refractivity contribution is -0.0511. The number of esters is 1. The highest BCUT2D eigenvalue weighted by Crippen LogP contribution is 2.68. The molecule has 0 saturated carbocycles. The summed E-state index contributed by atoms with van der Waals surface area (Å²) in [7, 11) is -15.9. The molecule has 2 fully saturated rings. The van der Waals surface area contributed by atoms with Crippen LogP contribution in [0.15, 0.2) is 77.7 Å². The quantitative estimate of drug-likeness (QED) is 0.171. The number of anilines is 1. The van der Waals surface area contributed by atoms with Crippen molar-refractivity contribution in [1.29, 1.82) is 0 Å². The van der Waals surface area contributed by atoms with Crippen LogP contribution in [0.5, 0.6) is 0 Å². The second-order valence-electron chi connectivity index (χ2n) is 10.4. The summed E-state index contributed by atoms with van der Waals surface area (Å²) in [5.74, 6) is -0.323. The number of hydrogen-bond acceptors (Lipinski definition) is 13. The van der Waals surface area contributed by atoms with Gasteiger partial charge in [0.05, 0.1) is 31.5 Å². The lowest BCUT2D eigenvalue weighted by Crippen LogP contribution is -2.38. The fourth-order valence-corrected chi connectivity index (χ4v) is 9.00. The van der Waals surface area contributed by atoms with E-state index in [9.17, 15) is 38.0 Å². The Balaban J connectivity index is 1.27. The first-order chi connectivity index (χ1) is 22.3. The number of hydrogen-bond donors (Lipinski definition) is 3. The van der Waals surface area contributed by atoms with Gasteiger partial charge < -0.3 is 33.8 Å². The van der Waals surface area contributed by atoms with Crippen LogP contribution in [0.25, 0.3) is 0 Å². The lowest BCUT2D eigenvalue weighted by atomic mass is 10.1. The summed E-state index contributed by atoms with van der Waals surface area (Å²) in [5.41, 5.74) is -0.189. The molecule has 47 heavy (non-hydrogen) atoms. The highest BCUT2D eigenvalue weighted by molar-refractivity contribution is 7.68. The van der Waals surface area contributed by atoms with Crippen molar-refractivity contribution in [2.75, 3.05) is 37.8 Å². The van der Waals surface area contributed by atoms with Crippen LogP contribution in [0.3, 0.4) is 0 Å². The van der Waals surface area contributed by atoms with Gasteiger partial charge in [-0.1, -0.05) is 48.5 Å². The average Bonchev–Trinajstić information content (AvgIpc) is 3.42. The van der Waals surface area contributed by atoms with Gasteiger partial charge in [-0.25, -0.2) is 23.0 Å². The maximum atomic E-state index is 13.0. The topological polar surface area (TPSA) is 222 Å². The minimum Gasteiger partial charge on any atom is -0.456 e. The molecule has 5 rings (SSSR count). The van der Waals surface area contributed by atoms with Crippen LogP contribution in [-0.2, 0) is 47.2 Å². The first-order valence-corrected chi connectivity index (χ1v) is 19.0. The summed E-state index contributed by atoms with van der Waals surface area (Å²) >= 11 is 0. The average molecular weight is 715 g/mol. The van der Waals surface area contributed by atoms with Crippen molar-refractivity contribution in [3.63, 3.8) is 0 Å². The van der Waals surface area contributed by atoms with Crippen molar-refractivity contribution in [3.8, 4) is 0 Å². The molecule has 2 aliphatic heterocycles. The van der Waals surface area contributed by atoms with E-state index in [1.807, 2.05) is 4.90 Å². The van der Waals surface area contributed by atoms with Crippen LogP contribution in [0, 0.1) is 0 Å². The molecule has 3 aromatic rings. The lowest BCUT2D eigenvalue weighted by Gasteiger charge is -2.27. The van der Waals surface area contributed by atoms with Crippen LogP contribution in [0.2, 0.25) is 0 Å². The minimum atomic E-state index is -5.64. The van der Waals surface area contributed by atoms with Gasteiger partial charge in [0.2, 0.25) is 0 Å². The van der Waals surface area contributed by atoms with Crippen molar-refractivity contribution >= 4 is 35.0 Å². The number of nitrogens with zero attached hydrogens (tertiary/aromatic N) is 3. The van der Waals surface area contributed by atoms with Gasteiger partial charge >= 0.3 is 34.9 Å². The molecule has 2 saturated heterocycles. The van der Waals surface area contributed by atoms with Gasteiger partial charge in [-0.15, -0.1) is 0 Å². The number of rotatable bonds is 13. The van der Waals surface area contributed by atoms with E-state index >= 15 is 0 Å². The van der Waals surface area contributed by atoms with Gasteiger partial charge in [0.25, 0.3) is 0 Å². The molecule has 0 amide bonds. The molecule has 17 nitrogen and oxygen atoms in total. The summed E-state index contributed by atoms with van der Waals surface area (Å²) in [6.45, 7) is 1.22. The number of phosphoric ester groups is 1. The zero-order chi connectivity index (χ0) is 33.7. The smallest absolute Gasteiger partial charge is 0.456 e. The largest absolute Gasteiger partial charge is 0.488 e. The molecular formula is C27H32N3O14P3. The van der Waals surface area contributed by atoms with Crippen LogP contribution < -0.4 is 10.6 Å². The predicted molar refractivity (Wildman–Crippen MR) is 163 cm³/mol. The molecule has 0 spiro atoms. The molecule has 254 valence electrons. The third-order valence-electron chi connectivity index (χ3n) is 6.97. The van der Waals surface area contributed by atoms with Gasteiger partial charge in [-0.2, -0.15) is 9.29 Å². The van der Waals surface area contributed by atoms with Crippen molar-refractivity contribution < 1.29 is 60.5 Å². The monoisotopic (exact) mass is 715 g/mol. The summed E-state index contributed by atoms with van der Waals surface area (Å²) in [6.07, 6.45) is -2.82. The zero-order valence-corrected chi connectivity index (χ0v) is 27.3. The molecule has 1 aromatic heterocycles. The molecule has 3 N–H and O–H groups in total. The van der Waals surface area contributed by atoms with Crippen molar-refractivity contribution in [1.82, 2.24) is 9.55 Å². The summed E-state index contributed by atoms with van der Waals surface area (Å²) in [5, 5.41) is 0. The molecule has 0 aliphatic carbocycles. The number of morpholine rings is 1. The highest BCUT2D eigenvalue weighted by Gasteiger charge is 2.44. The molecule has 6 atom stereocenters. The normalized spacial score (nSPS) is 23.7. The molecule has 20 heteroatoms. The number of phosphoric acid groups is 2. The summed E-state index contributed by atoms with van der Waals surface area (Å²) in [6, 6.07) is 17.3. The van der Waals surface area contributed by atoms with Gasteiger partial charge in [-0.05, 0) is 23.8 Å². The Bertz CT molecular complexity index is 1740. The molecule has 0 bridgehead atoms. The number of carbonyl (C=O) groups excluding carboxylic acids is 1. The summed E-state index contributed by atoms with van der Waals surface area (Å²) < 4.78 is 68.9. The molecule has 3 unspecified atom stereocenters. The van der Waals surface area contributed by atoms with E-state index in [1.54, 1.807) is 42.5 Å². The van der Waals surface area contributed by atoms with E-state index in [-0.39, 0.29) is 17.5 Å². The molecular weight excluding hydrogens is 683 g/mol. The second-order valence-corrected chi connectivity index (χ2v) is 15.5. The van der Waals surface area contributed by atoms with E-state index in [0.717, 1.165) is 4.57 Å². The summed E-state index contributed by atoms with van der Waals surface area (Å²) in [4.78, 5) is 62.1. The Morgan fingerprint density at radius 2 is 1.57 bits per heavy atom. The van der Waals surface area contributed by atoms with E-state index in [4.69, 9.17) is 18.7 Å². The fraction of sp³-hybridized carbons (Fsp3) is 0.370. The van der Waals surface area contributed by atoms with E-state index in [1.165, 1.54) is 30.5 Å². The van der Waals surface area contributed by atoms with Crippen LogP contribution in [0.4, 0.5) is 5.82 Å². The Hall–Kier alpha value is -3.04. The van der Waals surface area contributed by atoms with Crippen molar-refractivity contribution in [3.05, 3.63) is 94.5 Å². The first kappa shape index (κ1) is 35.3. The molecule has 2 aliphatic rings. The standard InChI is InChI=1S/C27H32N3O14P3/c31-26(21-9-5-2-6-10-21)42-22-17-25(30-12-11-24(28-27(30)32)29-13-15-39-16-14-29)41-23(22)18-40-46(35,36)44-47(37,38)43-45(33,34)19-20-7-3-1-4-8-20/h1-12,22-23,25H,13-19H2,(H,33,34)(H,35,36)(H,37,38)/t22-,23-,25-/m1/s1. The third-order valence-corrected chi connectivity index (χ3v) is 11.7. The van der Waals surface area contributed by atoms with Gasteiger partial charge in [0.1, 0.15) is 24.3 Å². The molecule has 2 aromatic carbocycles. The van der Waals surface area contributed by atoms with E-state index < -0.39 is 66.1 Å². The van der Waals surface area contributed by atoms with Gasteiger partial charge in [0.15, 0.2) is 0 Å². The van der Waals surface area contributed by atoms with Crippen LogP contribution in [-0.4, -0.2) is 75.3 Å². The number of benzene rings is 2. The Labute approximate surface area is 268 Å². The maximum absolute atomic E-state index is 13.0. The molecule has 0 radical (unpaired) electrons.